The molecular formula is C29H23Cl2NO4. The smallest absolute Gasteiger partial charge is 0.314 e. The molecule has 0 aliphatic heterocycles. The highest BCUT2D eigenvalue weighted by molar-refractivity contribution is 6.39. The summed E-state index contributed by atoms with van der Waals surface area (Å²) in [5, 5.41) is 15.0. The molecule has 4 aromatic rings. The van der Waals surface area contributed by atoms with E-state index >= 15 is 0 Å². The second-order valence-corrected chi connectivity index (χ2v) is 10.3. The lowest BCUT2D eigenvalue weighted by molar-refractivity contribution is -0.140. The molecule has 7 heteroatoms. The molecule has 0 radical (unpaired) electrons. The second-order valence-electron chi connectivity index (χ2n) is 9.53. The molecule has 2 aliphatic carbocycles. The van der Waals surface area contributed by atoms with Gasteiger partial charge in [-0.05, 0) is 66.6 Å². The molecule has 3 aromatic carbocycles. The summed E-state index contributed by atoms with van der Waals surface area (Å²) in [4.78, 5) is 11.7. The monoisotopic (exact) mass is 519 g/mol. The molecule has 5 nitrogen and oxygen atoms in total. The number of hydrogen-bond donors (Lipinski definition) is 1. The van der Waals surface area contributed by atoms with Crippen molar-refractivity contribution in [1.82, 2.24) is 5.16 Å². The molecule has 0 bridgehead atoms. The standard InChI is InChI=1S/C29H23Cl2NO4/c30-23-5-2-6-24(31)25(23)26-22(27(36-32-26)18-7-8-18)16-35-21-11-9-17(10-12-21)19-3-1-4-20(15-19)29(13-14-29)28(33)34/h1-6,9-12,15,18H,7-8,13-14,16H2,(H,33,34). The van der Waals surface area contributed by atoms with E-state index in [2.05, 4.69) is 5.16 Å². The molecule has 0 spiro atoms. The lowest BCUT2D eigenvalue weighted by Gasteiger charge is -2.13. The maximum absolute atomic E-state index is 11.7. The Morgan fingerprint density at radius 2 is 1.69 bits per heavy atom. The predicted molar refractivity (Wildman–Crippen MR) is 139 cm³/mol. The van der Waals surface area contributed by atoms with Gasteiger partial charge in [-0.25, -0.2) is 0 Å². The van der Waals surface area contributed by atoms with Crippen LogP contribution in [0.1, 0.15) is 48.5 Å². The topological polar surface area (TPSA) is 72.6 Å². The maximum atomic E-state index is 11.7. The van der Waals surface area contributed by atoms with E-state index < -0.39 is 11.4 Å². The first-order valence-corrected chi connectivity index (χ1v) is 12.7. The van der Waals surface area contributed by atoms with E-state index in [-0.39, 0.29) is 6.61 Å². The Balaban J connectivity index is 1.23. The van der Waals surface area contributed by atoms with Crippen molar-refractivity contribution < 1.29 is 19.2 Å². The van der Waals surface area contributed by atoms with Crippen molar-refractivity contribution in [1.29, 1.82) is 0 Å². The van der Waals surface area contributed by atoms with Crippen molar-refractivity contribution in [2.45, 2.75) is 43.6 Å². The van der Waals surface area contributed by atoms with Gasteiger partial charge in [-0.1, -0.05) is 70.8 Å². The summed E-state index contributed by atoms with van der Waals surface area (Å²) >= 11 is 12.9. The lowest BCUT2D eigenvalue weighted by atomic mass is 9.93. The van der Waals surface area contributed by atoms with Crippen molar-refractivity contribution in [2.75, 3.05) is 0 Å². The van der Waals surface area contributed by atoms with Crippen molar-refractivity contribution >= 4 is 29.2 Å². The van der Waals surface area contributed by atoms with E-state index in [1.54, 1.807) is 18.2 Å². The van der Waals surface area contributed by atoms with Crippen LogP contribution in [-0.4, -0.2) is 16.2 Å². The molecule has 6 rings (SSSR count). The molecule has 36 heavy (non-hydrogen) atoms. The molecule has 0 amide bonds. The zero-order valence-corrected chi connectivity index (χ0v) is 20.9. The molecule has 182 valence electrons. The first kappa shape index (κ1) is 23.1. The number of halogens is 2. The third-order valence-corrected chi connectivity index (χ3v) is 7.74. The number of rotatable bonds is 8. The number of carbonyl (C=O) groups is 1. The zero-order chi connectivity index (χ0) is 24.9. The quantitative estimate of drug-likeness (QED) is 0.256. The van der Waals surface area contributed by atoms with Gasteiger partial charge in [-0.2, -0.15) is 0 Å². The van der Waals surface area contributed by atoms with Crippen molar-refractivity contribution in [3.8, 4) is 28.1 Å². The largest absolute Gasteiger partial charge is 0.489 e. The van der Waals surface area contributed by atoms with E-state index in [1.807, 2.05) is 48.5 Å². The number of carboxylic acid groups (broad SMARTS) is 1. The summed E-state index contributed by atoms with van der Waals surface area (Å²) in [7, 11) is 0. The number of ether oxygens (including phenoxy) is 1. The molecule has 1 N–H and O–H groups in total. The number of benzene rings is 3. The fraction of sp³-hybridized carbons (Fsp3) is 0.241. The van der Waals surface area contributed by atoms with E-state index in [0.29, 0.717) is 45.8 Å². The minimum absolute atomic E-state index is 0.280. The van der Waals surface area contributed by atoms with E-state index in [0.717, 1.165) is 40.9 Å². The van der Waals surface area contributed by atoms with Crippen LogP contribution in [0.2, 0.25) is 10.0 Å². The molecule has 1 heterocycles. The predicted octanol–water partition coefficient (Wildman–Crippen LogP) is 7.89. The van der Waals surface area contributed by atoms with Gasteiger partial charge in [0.25, 0.3) is 0 Å². The van der Waals surface area contributed by atoms with Crippen LogP contribution in [-0.2, 0) is 16.8 Å². The van der Waals surface area contributed by atoms with Crippen LogP contribution in [0, 0.1) is 0 Å². The van der Waals surface area contributed by atoms with Crippen molar-refractivity contribution in [2.24, 2.45) is 0 Å². The first-order valence-electron chi connectivity index (χ1n) is 12.0. The van der Waals surface area contributed by atoms with E-state index in [1.165, 1.54) is 0 Å². The summed E-state index contributed by atoms with van der Waals surface area (Å²) in [5.41, 5.74) is 4.26. The maximum Gasteiger partial charge on any atom is 0.314 e. The average Bonchev–Trinajstić information content (AvgIpc) is 3.81. The number of carboxylic acids is 1. The minimum atomic E-state index is -0.750. The van der Waals surface area contributed by atoms with Gasteiger partial charge in [0.05, 0.1) is 21.0 Å². The second kappa shape index (κ2) is 8.99. The minimum Gasteiger partial charge on any atom is -0.489 e. The van der Waals surface area contributed by atoms with E-state index in [9.17, 15) is 9.90 Å². The zero-order valence-electron chi connectivity index (χ0n) is 19.3. The number of hydrogen-bond acceptors (Lipinski definition) is 4. The van der Waals surface area contributed by atoms with Crippen LogP contribution in [0.3, 0.4) is 0 Å². The Kier molecular flexibility index (Phi) is 5.78. The van der Waals surface area contributed by atoms with Crippen LogP contribution >= 0.6 is 23.2 Å². The highest BCUT2D eigenvalue weighted by Gasteiger charge is 2.51. The van der Waals surface area contributed by atoms with Gasteiger partial charge in [0.2, 0.25) is 0 Å². The van der Waals surface area contributed by atoms with Crippen LogP contribution in [0.4, 0.5) is 0 Å². The van der Waals surface area contributed by atoms with Crippen LogP contribution in [0.25, 0.3) is 22.4 Å². The number of nitrogens with zero attached hydrogens (tertiary/aromatic N) is 1. The SMILES string of the molecule is O=C(O)C1(c2cccc(-c3ccc(OCc4c(-c5c(Cl)cccc5Cl)noc4C4CC4)cc3)c2)CC1. The number of aromatic nitrogens is 1. The van der Waals surface area contributed by atoms with Gasteiger partial charge in [0.15, 0.2) is 0 Å². The Hall–Kier alpha value is -3.28. The Morgan fingerprint density at radius 3 is 2.33 bits per heavy atom. The van der Waals surface area contributed by atoms with Gasteiger partial charge >= 0.3 is 5.97 Å². The molecule has 2 fully saturated rings. The van der Waals surface area contributed by atoms with Gasteiger partial charge in [0, 0.05) is 11.5 Å². The Morgan fingerprint density at radius 1 is 1.00 bits per heavy atom. The van der Waals surface area contributed by atoms with Crippen LogP contribution in [0.15, 0.2) is 71.3 Å². The molecule has 1 aromatic heterocycles. The highest BCUT2D eigenvalue weighted by atomic mass is 35.5. The summed E-state index contributed by atoms with van der Waals surface area (Å²) in [6, 6.07) is 21.0. The molecule has 0 atom stereocenters. The van der Waals surface area contributed by atoms with Gasteiger partial charge in [0.1, 0.15) is 23.8 Å². The third kappa shape index (κ3) is 4.16. The molecular weight excluding hydrogens is 497 g/mol. The average molecular weight is 520 g/mol. The Labute approximate surface area is 218 Å². The van der Waals surface area contributed by atoms with E-state index in [4.69, 9.17) is 32.5 Å². The van der Waals surface area contributed by atoms with Crippen LogP contribution < -0.4 is 4.74 Å². The highest BCUT2D eigenvalue weighted by Crippen LogP contribution is 2.49. The fourth-order valence-electron chi connectivity index (χ4n) is 4.69. The normalized spacial score (nSPS) is 16.1. The number of aliphatic carboxylic acids is 1. The fourth-order valence-corrected chi connectivity index (χ4v) is 5.27. The van der Waals surface area contributed by atoms with Crippen molar-refractivity contribution in [3.05, 3.63) is 93.7 Å². The molecule has 2 saturated carbocycles. The molecule has 0 unspecified atom stereocenters. The lowest BCUT2D eigenvalue weighted by Crippen LogP contribution is -2.19. The summed E-state index contributed by atoms with van der Waals surface area (Å²) in [6.07, 6.45) is 3.50. The van der Waals surface area contributed by atoms with Gasteiger partial charge in [-0.3, -0.25) is 4.79 Å². The molecule has 2 aliphatic rings. The summed E-state index contributed by atoms with van der Waals surface area (Å²) in [5.74, 6) is 1.14. The van der Waals surface area contributed by atoms with Gasteiger partial charge < -0.3 is 14.4 Å². The molecule has 0 saturated heterocycles. The van der Waals surface area contributed by atoms with Crippen LogP contribution in [0.5, 0.6) is 5.75 Å². The van der Waals surface area contributed by atoms with Crippen molar-refractivity contribution in [3.63, 3.8) is 0 Å². The summed E-state index contributed by atoms with van der Waals surface area (Å²) < 4.78 is 11.9. The third-order valence-electron chi connectivity index (χ3n) is 7.11. The summed E-state index contributed by atoms with van der Waals surface area (Å²) in [6.45, 7) is 0.280. The first-order chi connectivity index (χ1) is 17.5. The van der Waals surface area contributed by atoms with Gasteiger partial charge in [-0.15, -0.1) is 0 Å². The Bertz CT molecular complexity index is 1430.